The highest BCUT2D eigenvalue weighted by Crippen LogP contribution is 2.27. The molecule has 0 heterocycles. The van der Waals surface area contributed by atoms with E-state index in [1.165, 1.54) is 5.56 Å². The molecule has 0 saturated carbocycles. The molecule has 21 heavy (non-hydrogen) atoms. The number of nitrogens with one attached hydrogen (secondary N) is 1. The smallest absolute Gasteiger partial charge is 0.134 e. The van der Waals surface area contributed by atoms with Crippen molar-refractivity contribution in [2.75, 3.05) is 6.54 Å². The third-order valence-electron chi connectivity index (χ3n) is 3.06. The summed E-state index contributed by atoms with van der Waals surface area (Å²) < 4.78 is 6.81. The molecule has 2 rings (SSSR count). The molecule has 0 spiro atoms. The maximum atomic E-state index is 5.87. The van der Waals surface area contributed by atoms with Crippen molar-refractivity contribution in [3.8, 4) is 5.75 Å². The van der Waals surface area contributed by atoms with Gasteiger partial charge in [-0.1, -0.05) is 36.7 Å². The van der Waals surface area contributed by atoms with E-state index in [1.807, 2.05) is 30.3 Å². The predicted molar refractivity (Wildman–Crippen MR) is 91.9 cm³/mol. The van der Waals surface area contributed by atoms with Gasteiger partial charge in [-0.05, 0) is 64.3 Å². The average molecular weight is 369 g/mol. The van der Waals surface area contributed by atoms with Crippen LogP contribution >= 0.6 is 27.5 Å². The molecule has 0 fully saturated rings. The molecule has 0 unspecified atom stereocenters. The van der Waals surface area contributed by atoms with E-state index < -0.39 is 0 Å². The Morgan fingerprint density at radius 3 is 2.48 bits per heavy atom. The van der Waals surface area contributed by atoms with E-state index in [4.69, 9.17) is 16.3 Å². The van der Waals surface area contributed by atoms with E-state index in [0.29, 0.717) is 6.61 Å². The summed E-state index contributed by atoms with van der Waals surface area (Å²) in [6, 6.07) is 13.9. The molecule has 0 aliphatic heterocycles. The van der Waals surface area contributed by atoms with Gasteiger partial charge in [0.1, 0.15) is 12.4 Å². The highest BCUT2D eigenvalue weighted by atomic mass is 79.9. The Morgan fingerprint density at radius 1 is 1.10 bits per heavy atom. The first-order valence-corrected chi connectivity index (χ1v) is 8.22. The van der Waals surface area contributed by atoms with Gasteiger partial charge in [0.2, 0.25) is 0 Å². The van der Waals surface area contributed by atoms with Crippen LogP contribution in [0.3, 0.4) is 0 Å². The first-order chi connectivity index (χ1) is 10.2. The van der Waals surface area contributed by atoms with E-state index in [2.05, 4.69) is 40.3 Å². The third-order valence-corrected chi connectivity index (χ3v) is 3.93. The Bertz CT molecular complexity index is 572. The minimum Gasteiger partial charge on any atom is -0.488 e. The molecule has 4 heteroatoms. The monoisotopic (exact) mass is 367 g/mol. The summed E-state index contributed by atoms with van der Waals surface area (Å²) in [4.78, 5) is 0. The second kappa shape index (κ2) is 8.42. The molecule has 1 N–H and O–H groups in total. The van der Waals surface area contributed by atoms with Gasteiger partial charge in [0, 0.05) is 11.6 Å². The Hall–Kier alpha value is -1.03. The molecule has 0 aromatic heterocycles. The van der Waals surface area contributed by atoms with Gasteiger partial charge in [-0.2, -0.15) is 0 Å². The van der Waals surface area contributed by atoms with Crippen LogP contribution < -0.4 is 10.1 Å². The minimum absolute atomic E-state index is 0.531. The largest absolute Gasteiger partial charge is 0.488 e. The molecule has 2 nitrogen and oxygen atoms in total. The van der Waals surface area contributed by atoms with Crippen LogP contribution in [0.4, 0.5) is 0 Å². The van der Waals surface area contributed by atoms with E-state index in [0.717, 1.165) is 40.3 Å². The maximum Gasteiger partial charge on any atom is 0.134 e. The van der Waals surface area contributed by atoms with Crippen molar-refractivity contribution >= 4 is 27.5 Å². The van der Waals surface area contributed by atoms with E-state index in [-0.39, 0.29) is 0 Å². The summed E-state index contributed by atoms with van der Waals surface area (Å²) in [5.41, 5.74) is 2.34. The Morgan fingerprint density at radius 2 is 1.81 bits per heavy atom. The molecule has 0 aliphatic rings. The lowest BCUT2D eigenvalue weighted by molar-refractivity contribution is 0.304. The van der Waals surface area contributed by atoms with Crippen LogP contribution in [0.1, 0.15) is 24.5 Å². The topological polar surface area (TPSA) is 21.3 Å². The number of hydrogen-bond donors (Lipinski definition) is 1. The number of halogens is 2. The highest BCUT2D eigenvalue weighted by molar-refractivity contribution is 9.10. The number of benzene rings is 2. The number of rotatable bonds is 7. The molecule has 112 valence electrons. The highest BCUT2D eigenvalue weighted by Gasteiger charge is 2.03. The lowest BCUT2D eigenvalue weighted by Crippen LogP contribution is -2.13. The van der Waals surface area contributed by atoms with Gasteiger partial charge in [0.05, 0.1) is 4.47 Å². The lowest BCUT2D eigenvalue weighted by Gasteiger charge is -2.10. The fourth-order valence-corrected chi connectivity index (χ4v) is 2.59. The summed E-state index contributed by atoms with van der Waals surface area (Å²) >= 11 is 9.44. The van der Waals surface area contributed by atoms with Crippen LogP contribution in [0, 0.1) is 0 Å². The zero-order valence-corrected chi connectivity index (χ0v) is 14.4. The Labute approximate surface area is 139 Å². The molecule has 0 radical (unpaired) electrons. The van der Waals surface area contributed by atoms with Crippen LogP contribution in [0.2, 0.25) is 5.02 Å². The van der Waals surface area contributed by atoms with Crippen LogP contribution in [0.5, 0.6) is 5.75 Å². The van der Waals surface area contributed by atoms with Crippen LogP contribution in [-0.4, -0.2) is 6.54 Å². The number of hydrogen-bond acceptors (Lipinski definition) is 2. The quantitative estimate of drug-likeness (QED) is 0.680. The molecular weight excluding hydrogens is 350 g/mol. The molecule has 0 saturated heterocycles. The van der Waals surface area contributed by atoms with Crippen molar-refractivity contribution < 1.29 is 4.74 Å². The Balaban J connectivity index is 1.92. The Kier molecular flexibility index (Phi) is 6.55. The van der Waals surface area contributed by atoms with Gasteiger partial charge in [-0.15, -0.1) is 0 Å². The van der Waals surface area contributed by atoms with Gasteiger partial charge in [-0.25, -0.2) is 0 Å². The van der Waals surface area contributed by atoms with Crippen molar-refractivity contribution in [2.45, 2.75) is 26.5 Å². The maximum absolute atomic E-state index is 5.87. The van der Waals surface area contributed by atoms with E-state index >= 15 is 0 Å². The van der Waals surface area contributed by atoms with Gasteiger partial charge in [0.15, 0.2) is 0 Å². The summed E-state index contributed by atoms with van der Waals surface area (Å²) in [5, 5.41) is 4.13. The van der Waals surface area contributed by atoms with Crippen molar-refractivity contribution in [3.05, 3.63) is 63.1 Å². The lowest BCUT2D eigenvalue weighted by atomic mass is 10.2. The molecule has 2 aromatic rings. The summed E-state index contributed by atoms with van der Waals surface area (Å²) in [6.45, 7) is 4.61. The molecule has 0 bridgehead atoms. The van der Waals surface area contributed by atoms with Crippen molar-refractivity contribution in [3.63, 3.8) is 0 Å². The van der Waals surface area contributed by atoms with Crippen LogP contribution in [0.15, 0.2) is 46.9 Å². The van der Waals surface area contributed by atoms with Crippen molar-refractivity contribution in [2.24, 2.45) is 0 Å². The molecule has 0 amide bonds. The fraction of sp³-hybridized carbons (Fsp3) is 0.294. The van der Waals surface area contributed by atoms with Crippen molar-refractivity contribution in [1.82, 2.24) is 5.32 Å². The zero-order valence-electron chi connectivity index (χ0n) is 12.0. The normalized spacial score (nSPS) is 10.6. The van der Waals surface area contributed by atoms with E-state index in [9.17, 15) is 0 Å². The summed E-state index contributed by atoms with van der Waals surface area (Å²) in [7, 11) is 0. The minimum atomic E-state index is 0.531. The van der Waals surface area contributed by atoms with Crippen molar-refractivity contribution in [1.29, 1.82) is 0 Å². The van der Waals surface area contributed by atoms with Crippen LogP contribution in [0.25, 0.3) is 0 Å². The zero-order chi connectivity index (χ0) is 15.1. The summed E-state index contributed by atoms with van der Waals surface area (Å²) in [5.74, 6) is 0.851. The second-order valence-corrected chi connectivity index (χ2v) is 6.15. The first kappa shape index (κ1) is 16.3. The predicted octanol–water partition coefficient (Wildman–Crippen LogP) is 5.18. The SMILES string of the molecule is CCCNCc1ccc(OCc2ccc(Cl)cc2)c(Br)c1. The van der Waals surface area contributed by atoms with E-state index in [1.54, 1.807) is 0 Å². The van der Waals surface area contributed by atoms with Gasteiger partial charge in [0.25, 0.3) is 0 Å². The summed E-state index contributed by atoms with van der Waals surface area (Å²) in [6.07, 6.45) is 1.14. The van der Waals surface area contributed by atoms with Gasteiger partial charge < -0.3 is 10.1 Å². The van der Waals surface area contributed by atoms with Crippen LogP contribution in [-0.2, 0) is 13.2 Å². The molecule has 2 aromatic carbocycles. The van der Waals surface area contributed by atoms with Gasteiger partial charge in [-0.3, -0.25) is 0 Å². The third kappa shape index (κ3) is 5.34. The standard InChI is InChI=1S/C17H19BrClNO/c1-2-9-20-11-14-5-8-17(16(18)10-14)21-12-13-3-6-15(19)7-4-13/h3-8,10,20H,2,9,11-12H2,1H3. The van der Waals surface area contributed by atoms with Gasteiger partial charge >= 0.3 is 0 Å². The number of ether oxygens (including phenoxy) is 1. The molecule has 0 atom stereocenters. The first-order valence-electron chi connectivity index (χ1n) is 7.05. The second-order valence-electron chi connectivity index (χ2n) is 4.86. The average Bonchev–Trinajstić information content (AvgIpc) is 2.48. The molecular formula is C17H19BrClNO. The molecule has 0 aliphatic carbocycles. The fourth-order valence-electron chi connectivity index (χ4n) is 1.92.